The lowest BCUT2D eigenvalue weighted by Crippen LogP contribution is -2.68. The summed E-state index contributed by atoms with van der Waals surface area (Å²) in [5.41, 5.74) is 6.04. The number of aliphatic hydroxyl groups is 1. The van der Waals surface area contributed by atoms with Crippen LogP contribution in [0.3, 0.4) is 0 Å². The number of carbonyl (C=O) groups is 4. The summed E-state index contributed by atoms with van der Waals surface area (Å²) in [4.78, 5) is 68.5. The predicted molar refractivity (Wildman–Crippen MR) is 232 cm³/mol. The maximum absolute atomic E-state index is 14.7. The third kappa shape index (κ3) is 9.02. The Hall–Kier alpha value is -4.94. The number of cyclic esters (lactones) is 1. The van der Waals surface area contributed by atoms with Crippen LogP contribution in [0.2, 0.25) is 0 Å². The van der Waals surface area contributed by atoms with E-state index in [9.17, 15) is 24.3 Å². The lowest BCUT2D eigenvalue weighted by molar-refractivity contribution is -0.189. The minimum absolute atomic E-state index is 0.0259. The lowest BCUT2D eigenvalue weighted by Gasteiger charge is -2.41. The number of rotatable bonds is 9. The largest absolute Gasteiger partial charge is 0.462 e. The number of benzene rings is 1. The molecule has 0 saturated carbocycles. The smallest absolute Gasteiger partial charge is 0.355 e. The minimum Gasteiger partial charge on any atom is -0.462 e. The van der Waals surface area contributed by atoms with Gasteiger partial charge in [0.2, 0.25) is 11.6 Å². The van der Waals surface area contributed by atoms with E-state index < -0.39 is 53.1 Å². The Morgan fingerprint density at radius 1 is 1.15 bits per heavy atom. The molecule has 2 aliphatic heterocycles. The van der Waals surface area contributed by atoms with Crippen LogP contribution in [0.1, 0.15) is 82.9 Å². The highest BCUT2D eigenvalue weighted by Gasteiger charge is 2.47. The van der Waals surface area contributed by atoms with E-state index in [1.807, 2.05) is 52.1 Å². The fourth-order valence-corrected chi connectivity index (χ4v) is 9.41. The van der Waals surface area contributed by atoms with Crippen molar-refractivity contribution in [1.29, 1.82) is 0 Å². The maximum atomic E-state index is 14.7. The van der Waals surface area contributed by atoms with Crippen molar-refractivity contribution in [2.45, 2.75) is 97.4 Å². The first-order chi connectivity index (χ1) is 28.9. The Bertz CT molecular complexity index is 2270. The number of hydrazine groups is 1. The Kier molecular flexibility index (Phi) is 13.6. The molecule has 6 rings (SSSR count). The lowest BCUT2D eigenvalue weighted by atomic mass is 9.84. The number of hydrogen-bond acceptors (Lipinski definition) is 12. The molecule has 0 spiro atoms. The van der Waals surface area contributed by atoms with Gasteiger partial charge in [0.15, 0.2) is 0 Å². The van der Waals surface area contributed by atoms with E-state index in [4.69, 9.17) is 24.2 Å². The standard InChI is InChI=1S/C44H60N8O8S/c1-12-51-32-17-16-27-21-29(32)30(36(51)28-15-13-19-45-33(28)26(4)58-10)22-43(5,6)24-60-41(55)44(57)18-14-20-52(48-44)40(54)34(37(59-11)39-46-31(27)23-61-39)47-38(53)35(25(2)3)50(9)42(56)49(7)8/h13,15-17,19,21,23,25-26,34-35,37,48,57H,12,14,18,20,22,24H2,1-11H3,(H,47,53)/t26-,34-,35-,37-,44-/m0/s1. The van der Waals surface area contributed by atoms with Gasteiger partial charge in [-0.05, 0) is 62.4 Å². The van der Waals surface area contributed by atoms with Crippen LogP contribution in [0.4, 0.5) is 4.79 Å². The highest BCUT2D eigenvalue weighted by atomic mass is 32.1. The summed E-state index contributed by atoms with van der Waals surface area (Å²) in [7, 11) is 7.81. The normalized spacial score (nSPS) is 21.8. The number of pyridine rings is 1. The Morgan fingerprint density at radius 2 is 1.89 bits per heavy atom. The van der Waals surface area contributed by atoms with Gasteiger partial charge in [-0.15, -0.1) is 11.3 Å². The molecular formula is C44H60N8O8S. The summed E-state index contributed by atoms with van der Waals surface area (Å²) in [5.74, 6) is -2.54. The number of nitrogens with zero attached hydrogens (tertiary/aromatic N) is 6. The molecule has 1 saturated heterocycles. The van der Waals surface area contributed by atoms with Crippen LogP contribution in [0.15, 0.2) is 41.9 Å². The molecule has 330 valence electrons. The van der Waals surface area contributed by atoms with Gasteiger partial charge in [-0.1, -0.05) is 33.8 Å². The number of aromatic nitrogens is 3. The topological polar surface area (TPSA) is 181 Å². The van der Waals surface area contributed by atoms with E-state index in [1.165, 1.54) is 35.3 Å². The van der Waals surface area contributed by atoms with Crippen LogP contribution in [-0.4, -0.2) is 125 Å². The van der Waals surface area contributed by atoms with Crippen molar-refractivity contribution in [3.63, 3.8) is 0 Å². The van der Waals surface area contributed by atoms with Gasteiger partial charge in [0, 0.05) is 93.9 Å². The first kappa shape index (κ1) is 45.6. The number of likely N-dealkylation sites (N-methyl/N-ethyl adjacent to an activating group) is 1. The van der Waals surface area contributed by atoms with Gasteiger partial charge in [-0.25, -0.2) is 14.6 Å². The number of aryl methyl sites for hydroxylation is 1. The van der Waals surface area contributed by atoms with Crippen molar-refractivity contribution >= 4 is 46.1 Å². The minimum atomic E-state index is -2.25. The number of esters is 1. The SMILES string of the molecule is CCn1c(-c2cccnc2[C@H](C)OC)c2c3cc(ccc31)-c1csc(n1)[C@@H](OC)[C@H](NC(=O)[C@H](C(C)C)N(C)C(=O)N(C)C)C(=O)N1CCC[C@@](O)(N1)C(=O)OCC(C)(C)C2. The first-order valence-electron chi connectivity index (χ1n) is 20.7. The zero-order valence-corrected chi connectivity index (χ0v) is 37.9. The van der Waals surface area contributed by atoms with Gasteiger partial charge in [0.25, 0.3) is 5.91 Å². The first-order valence-corrected chi connectivity index (χ1v) is 21.6. The van der Waals surface area contributed by atoms with Crippen molar-refractivity contribution in [2.24, 2.45) is 11.3 Å². The van der Waals surface area contributed by atoms with Crippen molar-refractivity contribution in [1.82, 2.24) is 40.1 Å². The van der Waals surface area contributed by atoms with Crippen molar-refractivity contribution in [3.8, 4) is 22.5 Å². The second kappa shape index (κ2) is 18.2. The number of ether oxygens (including phenoxy) is 3. The number of nitrogens with one attached hydrogen (secondary N) is 2. The molecule has 5 heterocycles. The number of methoxy groups -OCH3 is 2. The van der Waals surface area contributed by atoms with Crippen LogP contribution >= 0.6 is 11.3 Å². The van der Waals surface area contributed by atoms with Gasteiger partial charge in [-0.2, -0.15) is 5.43 Å². The number of amides is 4. The second-order valence-corrected chi connectivity index (χ2v) is 18.2. The quantitative estimate of drug-likeness (QED) is 0.186. The van der Waals surface area contributed by atoms with E-state index in [2.05, 4.69) is 40.4 Å². The average Bonchev–Trinajstić information content (AvgIpc) is 3.83. The number of urea groups is 1. The van der Waals surface area contributed by atoms with Crippen LogP contribution < -0.4 is 10.7 Å². The average molecular weight is 861 g/mol. The van der Waals surface area contributed by atoms with Crippen molar-refractivity contribution < 1.29 is 38.5 Å². The number of hydrogen-bond donors (Lipinski definition) is 3. The summed E-state index contributed by atoms with van der Waals surface area (Å²) in [6.45, 7) is 12.4. The molecular weight excluding hydrogens is 801 g/mol. The predicted octanol–water partition coefficient (Wildman–Crippen LogP) is 5.31. The van der Waals surface area contributed by atoms with E-state index in [1.54, 1.807) is 27.4 Å². The molecule has 6 bridgehead atoms. The van der Waals surface area contributed by atoms with E-state index >= 15 is 0 Å². The molecule has 5 atom stereocenters. The molecule has 1 aromatic carbocycles. The third-order valence-electron chi connectivity index (χ3n) is 11.6. The van der Waals surface area contributed by atoms with E-state index in [-0.39, 0.29) is 38.0 Å². The number of carbonyl (C=O) groups excluding carboxylic acids is 4. The van der Waals surface area contributed by atoms with Crippen molar-refractivity contribution in [2.75, 3.05) is 48.5 Å². The van der Waals surface area contributed by atoms with Gasteiger partial charge in [0.1, 0.15) is 23.2 Å². The zero-order chi connectivity index (χ0) is 44.6. The molecule has 61 heavy (non-hydrogen) atoms. The molecule has 0 aliphatic carbocycles. The number of fused-ring (bicyclic) bond motifs is 6. The van der Waals surface area contributed by atoms with Crippen molar-refractivity contribution in [3.05, 3.63) is 58.2 Å². The maximum Gasteiger partial charge on any atom is 0.355 e. The summed E-state index contributed by atoms with van der Waals surface area (Å²) in [5, 5.41) is 19.1. The molecule has 3 aromatic heterocycles. The Balaban J connectivity index is 1.53. The molecule has 4 amide bonds. The molecule has 3 N–H and O–H groups in total. The van der Waals surface area contributed by atoms with Crippen LogP contribution in [0.5, 0.6) is 0 Å². The molecule has 1 fully saturated rings. The van der Waals surface area contributed by atoms with Gasteiger partial charge < -0.3 is 39.0 Å². The summed E-state index contributed by atoms with van der Waals surface area (Å²) < 4.78 is 20.0. The molecule has 0 unspecified atom stereocenters. The molecule has 17 heteroatoms. The third-order valence-corrected chi connectivity index (χ3v) is 12.5. The molecule has 4 aromatic rings. The summed E-state index contributed by atoms with van der Waals surface area (Å²) in [6, 6.07) is 7.42. The van der Waals surface area contributed by atoms with E-state index in [0.29, 0.717) is 23.7 Å². The number of thiazole rings is 1. The molecule has 0 radical (unpaired) electrons. The monoisotopic (exact) mass is 860 g/mol. The zero-order valence-electron chi connectivity index (χ0n) is 37.1. The second-order valence-electron chi connectivity index (χ2n) is 17.3. The molecule has 16 nitrogen and oxygen atoms in total. The van der Waals surface area contributed by atoms with Gasteiger partial charge in [-0.3, -0.25) is 19.6 Å². The summed E-state index contributed by atoms with van der Waals surface area (Å²) in [6.07, 6.45) is 1.06. The highest BCUT2D eigenvalue weighted by molar-refractivity contribution is 7.10. The fraction of sp³-hybridized carbons (Fsp3) is 0.545. The highest BCUT2D eigenvalue weighted by Crippen LogP contribution is 2.42. The Morgan fingerprint density at radius 3 is 2.54 bits per heavy atom. The van der Waals surface area contributed by atoms with E-state index in [0.717, 1.165) is 44.0 Å². The Labute approximate surface area is 361 Å². The van der Waals surface area contributed by atoms with Crippen LogP contribution in [0, 0.1) is 11.3 Å². The van der Waals surface area contributed by atoms with Gasteiger partial charge >= 0.3 is 12.0 Å². The molecule has 2 aliphatic rings. The van der Waals surface area contributed by atoms with Crippen LogP contribution in [0.25, 0.3) is 33.4 Å². The fourth-order valence-electron chi connectivity index (χ4n) is 8.47. The summed E-state index contributed by atoms with van der Waals surface area (Å²) >= 11 is 1.28. The van der Waals surface area contributed by atoms with Gasteiger partial charge in [0.05, 0.1) is 29.8 Å². The van der Waals surface area contributed by atoms with Crippen LogP contribution in [-0.2, 0) is 41.6 Å².